The van der Waals surface area contributed by atoms with Gasteiger partial charge < -0.3 is 29.4 Å². The van der Waals surface area contributed by atoms with Crippen molar-refractivity contribution in [2.75, 3.05) is 6.61 Å². The van der Waals surface area contributed by atoms with Crippen molar-refractivity contribution in [2.24, 2.45) is 0 Å². The fourth-order valence-electron chi connectivity index (χ4n) is 0.469. The molecule has 4 N–H and O–H groups in total. The van der Waals surface area contributed by atoms with Crippen molar-refractivity contribution in [1.29, 1.82) is 0 Å². The summed E-state index contributed by atoms with van der Waals surface area (Å²) in [6.07, 6.45) is -0.614. The first-order chi connectivity index (χ1) is 5.02. The van der Waals surface area contributed by atoms with Crippen molar-refractivity contribution >= 4 is 14.6 Å². The predicted molar refractivity (Wildman–Crippen MR) is 36.9 cm³/mol. The normalized spacial score (nSPS) is 12.8. The van der Waals surface area contributed by atoms with Crippen LogP contribution in [0.4, 0.5) is 0 Å². The molecule has 0 aromatic rings. The Morgan fingerprint density at radius 1 is 1.18 bits per heavy atom. The summed E-state index contributed by atoms with van der Waals surface area (Å²) in [5.74, 6) is 0. The Bertz CT molecular complexity index is 97.8. The third-order valence-electron chi connectivity index (χ3n) is 0.834. The zero-order valence-corrected chi connectivity index (χ0v) is 6.04. The lowest BCUT2D eigenvalue weighted by Crippen LogP contribution is -2.30. The molecule has 0 aromatic carbocycles. The minimum Gasteiger partial charge on any atom is -0.402 e. The first-order valence-corrected chi connectivity index (χ1v) is 3.01. The molecule has 0 aliphatic heterocycles. The summed E-state index contributed by atoms with van der Waals surface area (Å²) in [5, 5.41) is 32.9. The largest absolute Gasteiger partial charge is 0.634 e. The van der Waals surface area contributed by atoms with Gasteiger partial charge in [-0.2, -0.15) is 0 Å². The Morgan fingerprint density at radius 3 is 2.09 bits per heavy atom. The molecule has 0 rings (SSSR count). The fourth-order valence-corrected chi connectivity index (χ4v) is 0.469. The van der Waals surface area contributed by atoms with Crippen LogP contribution in [0.5, 0.6) is 0 Å². The maximum Gasteiger partial charge on any atom is 0.634 e. The topological polar surface area (TPSA) is 99.4 Å². The van der Waals surface area contributed by atoms with E-state index in [1.54, 1.807) is 0 Å². The zero-order chi connectivity index (χ0) is 8.85. The summed E-state index contributed by atoms with van der Waals surface area (Å²) in [5.41, 5.74) is 0. The molecule has 0 aliphatic carbocycles. The van der Waals surface area contributed by atoms with E-state index in [1.807, 2.05) is 0 Å². The predicted octanol–water partition coefficient (Wildman–Crippen LogP) is -2.65. The van der Waals surface area contributed by atoms with Crippen LogP contribution in [0.15, 0.2) is 0 Å². The van der Waals surface area contributed by atoms with E-state index < -0.39 is 20.7 Å². The van der Waals surface area contributed by atoms with E-state index in [2.05, 4.69) is 9.31 Å². The molecule has 6 nitrogen and oxygen atoms in total. The average Bonchev–Trinajstić information content (AvgIpc) is 1.82. The second-order valence-electron chi connectivity index (χ2n) is 1.93. The SMILES string of the molecule is CC(COB(O)O)OB(O)O. The van der Waals surface area contributed by atoms with Crippen LogP contribution >= 0.6 is 0 Å². The van der Waals surface area contributed by atoms with Gasteiger partial charge in [-0.05, 0) is 6.92 Å². The quantitative estimate of drug-likeness (QED) is 0.331. The summed E-state index contributed by atoms with van der Waals surface area (Å²) < 4.78 is 8.63. The van der Waals surface area contributed by atoms with Gasteiger partial charge >= 0.3 is 14.6 Å². The molecular weight excluding hydrogens is 154 g/mol. The van der Waals surface area contributed by atoms with E-state index in [0.717, 1.165) is 0 Å². The molecule has 0 radical (unpaired) electrons. The molecule has 0 bridgehead atoms. The van der Waals surface area contributed by atoms with Crippen LogP contribution in [-0.2, 0) is 9.31 Å². The second-order valence-corrected chi connectivity index (χ2v) is 1.93. The van der Waals surface area contributed by atoms with Crippen LogP contribution in [0, 0.1) is 0 Å². The number of hydrogen-bond donors (Lipinski definition) is 4. The molecular formula is C3H10B2O6. The van der Waals surface area contributed by atoms with Crippen LogP contribution < -0.4 is 0 Å². The third kappa shape index (κ3) is 7.79. The van der Waals surface area contributed by atoms with Gasteiger partial charge in [0.25, 0.3) is 0 Å². The molecule has 8 heteroatoms. The smallest absolute Gasteiger partial charge is 0.402 e. The lowest BCUT2D eigenvalue weighted by Gasteiger charge is -2.11. The van der Waals surface area contributed by atoms with Crippen LogP contribution in [-0.4, -0.2) is 47.4 Å². The van der Waals surface area contributed by atoms with Gasteiger partial charge in [-0.1, -0.05) is 0 Å². The van der Waals surface area contributed by atoms with Crippen molar-refractivity contribution in [1.82, 2.24) is 0 Å². The molecule has 0 fully saturated rings. The van der Waals surface area contributed by atoms with E-state index in [4.69, 9.17) is 20.1 Å². The van der Waals surface area contributed by atoms with E-state index >= 15 is 0 Å². The third-order valence-corrected chi connectivity index (χ3v) is 0.834. The molecule has 0 amide bonds. The van der Waals surface area contributed by atoms with Crippen molar-refractivity contribution in [3.05, 3.63) is 0 Å². The summed E-state index contributed by atoms with van der Waals surface area (Å²) in [7, 11) is -3.73. The van der Waals surface area contributed by atoms with Crippen LogP contribution in [0.2, 0.25) is 0 Å². The van der Waals surface area contributed by atoms with Crippen molar-refractivity contribution in [2.45, 2.75) is 13.0 Å². The lowest BCUT2D eigenvalue weighted by atomic mass is 10.2. The van der Waals surface area contributed by atoms with Gasteiger partial charge in [0.1, 0.15) is 0 Å². The molecule has 1 unspecified atom stereocenters. The number of rotatable bonds is 5. The standard InChI is InChI=1S/C3H10B2O6/c1-3(11-5(8)9)2-10-4(6)7/h3,6-9H,2H2,1H3. The van der Waals surface area contributed by atoms with E-state index in [1.165, 1.54) is 6.92 Å². The van der Waals surface area contributed by atoms with Crippen molar-refractivity contribution < 1.29 is 29.4 Å². The Morgan fingerprint density at radius 2 is 1.73 bits per heavy atom. The van der Waals surface area contributed by atoms with E-state index in [-0.39, 0.29) is 6.61 Å². The lowest BCUT2D eigenvalue weighted by molar-refractivity contribution is 0.0668. The average molecular weight is 164 g/mol. The molecule has 0 aromatic heterocycles. The van der Waals surface area contributed by atoms with Gasteiger partial charge in [0.2, 0.25) is 0 Å². The van der Waals surface area contributed by atoms with E-state index in [9.17, 15) is 0 Å². The van der Waals surface area contributed by atoms with Gasteiger partial charge in [0.15, 0.2) is 0 Å². The van der Waals surface area contributed by atoms with Gasteiger partial charge in [-0.15, -0.1) is 0 Å². The molecule has 0 heterocycles. The second kappa shape index (κ2) is 5.53. The fraction of sp³-hybridized carbons (Fsp3) is 1.00. The number of hydrogen-bond acceptors (Lipinski definition) is 6. The Kier molecular flexibility index (Phi) is 5.47. The summed E-state index contributed by atoms with van der Waals surface area (Å²) in [6, 6.07) is 0. The summed E-state index contributed by atoms with van der Waals surface area (Å²) in [6.45, 7) is 1.36. The maximum atomic E-state index is 8.24. The highest BCUT2D eigenvalue weighted by Gasteiger charge is 2.16. The van der Waals surface area contributed by atoms with Gasteiger partial charge in [0, 0.05) is 0 Å². The highest BCUT2D eigenvalue weighted by Crippen LogP contribution is 1.92. The molecule has 0 saturated carbocycles. The van der Waals surface area contributed by atoms with Crippen LogP contribution in [0.3, 0.4) is 0 Å². The van der Waals surface area contributed by atoms with Crippen LogP contribution in [0.25, 0.3) is 0 Å². The summed E-state index contributed by atoms with van der Waals surface area (Å²) in [4.78, 5) is 0. The highest BCUT2D eigenvalue weighted by molar-refractivity contribution is 6.33. The monoisotopic (exact) mass is 164 g/mol. The molecule has 11 heavy (non-hydrogen) atoms. The molecule has 0 aliphatic rings. The van der Waals surface area contributed by atoms with Gasteiger partial charge in [0.05, 0.1) is 12.7 Å². The minimum absolute atomic E-state index is 0.130. The Labute approximate surface area is 64.7 Å². The Hall–Kier alpha value is -0.110. The Balaban J connectivity index is 3.29. The van der Waals surface area contributed by atoms with Gasteiger partial charge in [-0.25, -0.2) is 0 Å². The van der Waals surface area contributed by atoms with Crippen LogP contribution in [0.1, 0.15) is 6.92 Å². The van der Waals surface area contributed by atoms with E-state index in [0.29, 0.717) is 0 Å². The first-order valence-electron chi connectivity index (χ1n) is 3.01. The van der Waals surface area contributed by atoms with Crippen molar-refractivity contribution in [3.8, 4) is 0 Å². The van der Waals surface area contributed by atoms with Gasteiger partial charge in [-0.3, -0.25) is 0 Å². The molecule has 0 saturated heterocycles. The zero-order valence-electron chi connectivity index (χ0n) is 6.04. The highest BCUT2D eigenvalue weighted by atomic mass is 16.7. The molecule has 64 valence electrons. The maximum absolute atomic E-state index is 8.24. The minimum atomic E-state index is -1.87. The molecule has 1 atom stereocenters. The first kappa shape index (κ1) is 10.9. The van der Waals surface area contributed by atoms with Crippen molar-refractivity contribution in [3.63, 3.8) is 0 Å². The molecule has 0 spiro atoms. The summed E-state index contributed by atoms with van der Waals surface area (Å²) >= 11 is 0.